The van der Waals surface area contributed by atoms with Crippen molar-refractivity contribution in [3.63, 3.8) is 0 Å². The van der Waals surface area contributed by atoms with Crippen molar-refractivity contribution in [2.45, 2.75) is 33.1 Å². The van der Waals surface area contributed by atoms with Crippen molar-refractivity contribution in [2.75, 3.05) is 0 Å². The normalized spacial score (nSPS) is 12.7. The fraction of sp³-hybridized carbons (Fsp3) is 0.0806. The Labute approximate surface area is 381 Å². The molecule has 0 aliphatic heterocycles. The molecule has 0 fully saturated rings. The molecular formula is C62H47N3. The Morgan fingerprint density at radius 1 is 0.292 bits per heavy atom. The third-order valence-electron chi connectivity index (χ3n) is 13.4. The van der Waals surface area contributed by atoms with Crippen molar-refractivity contribution >= 4 is 0 Å². The average Bonchev–Trinajstić information content (AvgIpc) is 3.86. The van der Waals surface area contributed by atoms with Crippen LogP contribution in [0.4, 0.5) is 0 Å². The lowest BCUT2D eigenvalue weighted by molar-refractivity contribution is 0.660. The molecule has 9 aromatic carbocycles. The van der Waals surface area contributed by atoms with Crippen LogP contribution in [-0.2, 0) is 11.8 Å². The second-order valence-electron chi connectivity index (χ2n) is 17.6. The van der Waals surface area contributed by atoms with Gasteiger partial charge in [-0.2, -0.15) is 0 Å². The van der Waals surface area contributed by atoms with E-state index in [1.165, 1.54) is 72.3 Å². The first-order chi connectivity index (χ1) is 31.5. The Hall–Kier alpha value is -8.01. The Morgan fingerprint density at radius 2 is 0.708 bits per heavy atom. The van der Waals surface area contributed by atoms with Gasteiger partial charge in [-0.15, -0.1) is 0 Å². The predicted molar refractivity (Wildman–Crippen MR) is 270 cm³/mol. The molecule has 65 heavy (non-hydrogen) atoms. The molecule has 310 valence electrons. The molecule has 1 aromatic heterocycles. The highest BCUT2D eigenvalue weighted by Gasteiger charge is 2.35. The summed E-state index contributed by atoms with van der Waals surface area (Å²) in [5.41, 5.74) is 22.8. The number of hydrogen-bond donors (Lipinski definition) is 0. The van der Waals surface area contributed by atoms with Crippen LogP contribution >= 0.6 is 0 Å². The summed E-state index contributed by atoms with van der Waals surface area (Å²) in [4.78, 5) is 15.8. The van der Waals surface area contributed by atoms with Gasteiger partial charge in [0.15, 0.2) is 17.5 Å². The van der Waals surface area contributed by atoms with E-state index < -0.39 is 0 Å². The molecule has 0 radical (unpaired) electrons. The van der Waals surface area contributed by atoms with E-state index in [0.717, 1.165) is 39.8 Å². The van der Waals surface area contributed by atoms with Crippen LogP contribution in [-0.4, -0.2) is 15.0 Å². The van der Waals surface area contributed by atoms with E-state index in [2.05, 4.69) is 208 Å². The smallest absolute Gasteiger partial charge is 0.164 e. The highest BCUT2D eigenvalue weighted by Crippen LogP contribution is 2.50. The first-order valence-corrected chi connectivity index (χ1v) is 22.1. The summed E-state index contributed by atoms with van der Waals surface area (Å²) in [6.45, 7) is 4.63. The zero-order chi connectivity index (χ0) is 42.8. The lowest BCUT2D eigenvalue weighted by Crippen LogP contribution is -2.15. The Balaban J connectivity index is 0.00000469. The number of aromatic nitrogens is 3. The molecule has 0 N–H and O–H groups in total. The Bertz CT molecular complexity index is 3410. The fourth-order valence-electron chi connectivity index (χ4n) is 10.2. The van der Waals surface area contributed by atoms with Crippen LogP contribution in [0.1, 0.15) is 43.5 Å². The second-order valence-corrected chi connectivity index (χ2v) is 17.6. The molecule has 3 nitrogen and oxygen atoms in total. The molecule has 0 spiro atoms. The van der Waals surface area contributed by atoms with Gasteiger partial charge in [-0.1, -0.05) is 209 Å². The van der Waals surface area contributed by atoms with Crippen LogP contribution in [0.15, 0.2) is 212 Å². The zero-order valence-corrected chi connectivity index (χ0v) is 35.8. The zero-order valence-electron chi connectivity index (χ0n) is 35.8. The van der Waals surface area contributed by atoms with Crippen LogP contribution < -0.4 is 0 Å². The molecule has 0 unspecified atom stereocenters. The molecule has 12 rings (SSSR count). The topological polar surface area (TPSA) is 38.7 Å². The fourth-order valence-corrected chi connectivity index (χ4v) is 10.2. The van der Waals surface area contributed by atoms with Gasteiger partial charge < -0.3 is 0 Å². The van der Waals surface area contributed by atoms with Crippen molar-refractivity contribution in [3.8, 4) is 101 Å². The summed E-state index contributed by atoms with van der Waals surface area (Å²) in [6.07, 6.45) is 0.842. The van der Waals surface area contributed by atoms with Gasteiger partial charge in [-0.05, 0) is 120 Å². The van der Waals surface area contributed by atoms with E-state index in [1.54, 1.807) is 0 Å². The summed E-state index contributed by atoms with van der Waals surface area (Å²) in [7, 11) is 0. The lowest BCUT2D eigenvalue weighted by Gasteiger charge is -2.21. The van der Waals surface area contributed by atoms with Crippen LogP contribution in [0.25, 0.3) is 101 Å². The first-order valence-electron chi connectivity index (χ1n) is 22.1. The molecule has 3 heteroatoms. The van der Waals surface area contributed by atoms with Crippen molar-refractivity contribution in [1.82, 2.24) is 15.0 Å². The summed E-state index contributed by atoms with van der Waals surface area (Å²) in [5.74, 6) is 1.95. The number of rotatable bonds is 7. The molecule has 0 saturated heterocycles. The van der Waals surface area contributed by atoms with Crippen LogP contribution in [0.5, 0.6) is 0 Å². The standard InChI is InChI=1S/C61H43N3.CH4/c1-61(2)56-27-13-12-22-52(56)53-33-32-44(37-57(53)61)59-62-58(43-20-10-5-11-21-43)63-60(64-59)47-35-45(40-18-8-4-9-19-40)34-46(36-47)49-24-15-26-51-50-25-14-23-48(54(50)38-55(49)51)42-30-28-41(29-31-42)39-16-6-3-7-17-39;/h3-37H,38H2,1-2H3;1H4. The lowest BCUT2D eigenvalue weighted by atomic mass is 9.82. The quantitative estimate of drug-likeness (QED) is 0.161. The molecule has 2 aliphatic carbocycles. The van der Waals surface area contributed by atoms with Gasteiger partial charge in [0.05, 0.1) is 0 Å². The largest absolute Gasteiger partial charge is 0.208 e. The second kappa shape index (κ2) is 16.0. The highest BCUT2D eigenvalue weighted by atomic mass is 15.0. The van der Waals surface area contributed by atoms with Crippen molar-refractivity contribution in [2.24, 2.45) is 0 Å². The van der Waals surface area contributed by atoms with Gasteiger partial charge in [0.25, 0.3) is 0 Å². The minimum absolute atomic E-state index is 0. The summed E-state index contributed by atoms with van der Waals surface area (Å²) < 4.78 is 0. The van der Waals surface area contributed by atoms with E-state index in [9.17, 15) is 0 Å². The maximum atomic E-state index is 5.34. The monoisotopic (exact) mass is 833 g/mol. The first kappa shape index (κ1) is 39.8. The van der Waals surface area contributed by atoms with Crippen LogP contribution in [0, 0.1) is 0 Å². The van der Waals surface area contributed by atoms with Gasteiger partial charge in [0.2, 0.25) is 0 Å². The Kier molecular flexibility index (Phi) is 9.78. The van der Waals surface area contributed by atoms with E-state index in [-0.39, 0.29) is 12.8 Å². The molecule has 0 atom stereocenters. The summed E-state index contributed by atoms with van der Waals surface area (Å²) in [6, 6.07) is 76.4. The minimum Gasteiger partial charge on any atom is -0.208 e. The summed E-state index contributed by atoms with van der Waals surface area (Å²) >= 11 is 0. The maximum absolute atomic E-state index is 5.34. The summed E-state index contributed by atoms with van der Waals surface area (Å²) in [5, 5.41) is 0. The van der Waals surface area contributed by atoms with Crippen molar-refractivity contribution in [3.05, 3.63) is 235 Å². The van der Waals surface area contributed by atoms with Gasteiger partial charge in [0, 0.05) is 22.1 Å². The third-order valence-corrected chi connectivity index (χ3v) is 13.4. The van der Waals surface area contributed by atoms with Crippen molar-refractivity contribution in [1.29, 1.82) is 0 Å². The van der Waals surface area contributed by atoms with Crippen molar-refractivity contribution < 1.29 is 0 Å². The maximum Gasteiger partial charge on any atom is 0.164 e. The van der Waals surface area contributed by atoms with Gasteiger partial charge in [0.1, 0.15) is 0 Å². The molecule has 0 saturated carbocycles. The molecular weight excluding hydrogens is 787 g/mol. The van der Waals surface area contributed by atoms with E-state index in [1.807, 2.05) is 18.2 Å². The SMILES string of the molecule is C.CC1(C)c2ccccc2-c2ccc(-c3nc(-c4ccccc4)nc(-c4cc(-c5ccccc5)cc(-c5cccc6c5Cc5c(-c7ccc(-c8ccccc8)cc7)cccc5-6)c4)n3)cc21. The predicted octanol–water partition coefficient (Wildman–Crippen LogP) is 16.1. The highest BCUT2D eigenvalue weighted by molar-refractivity contribution is 5.91. The third kappa shape index (κ3) is 6.88. The molecule has 2 aliphatic rings. The van der Waals surface area contributed by atoms with E-state index in [4.69, 9.17) is 15.0 Å². The Morgan fingerprint density at radius 3 is 1.35 bits per heavy atom. The molecule has 0 amide bonds. The number of hydrogen-bond acceptors (Lipinski definition) is 3. The van der Waals surface area contributed by atoms with Crippen LogP contribution in [0.2, 0.25) is 0 Å². The number of nitrogens with zero attached hydrogens (tertiary/aromatic N) is 3. The number of fused-ring (bicyclic) bond motifs is 6. The van der Waals surface area contributed by atoms with E-state index in [0.29, 0.717) is 17.5 Å². The number of benzene rings is 9. The van der Waals surface area contributed by atoms with Gasteiger partial charge in [-0.25, -0.2) is 15.0 Å². The van der Waals surface area contributed by atoms with Crippen LogP contribution in [0.3, 0.4) is 0 Å². The molecule has 1 heterocycles. The minimum atomic E-state index is -0.150. The van der Waals surface area contributed by atoms with E-state index >= 15 is 0 Å². The van der Waals surface area contributed by atoms with Gasteiger partial charge in [-0.3, -0.25) is 0 Å². The van der Waals surface area contributed by atoms with Gasteiger partial charge >= 0.3 is 0 Å². The average molecular weight is 834 g/mol. The molecule has 10 aromatic rings. The molecule has 0 bridgehead atoms.